The topological polar surface area (TPSA) is 72.7 Å². The second-order valence-corrected chi connectivity index (χ2v) is 6.03. The molecule has 2 aromatic rings. The number of methoxy groups -OCH3 is 1. The molecule has 1 heterocycles. The number of rotatable bonds is 9. The molecule has 1 aromatic heterocycles. The van der Waals surface area contributed by atoms with Crippen LogP contribution in [0.3, 0.4) is 0 Å². The zero-order valence-electron chi connectivity index (χ0n) is 16.0. The van der Waals surface area contributed by atoms with Crippen LogP contribution in [0.4, 0.5) is 0 Å². The lowest BCUT2D eigenvalue weighted by molar-refractivity contribution is 0.229. The van der Waals surface area contributed by atoms with Gasteiger partial charge >= 0.3 is 0 Å². The van der Waals surface area contributed by atoms with Gasteiger partial charge in [0.25, 0.3) is 0 Å². The van der Waals surface area contributed by atoms with Gasteiger partial charge in [-0.25, -0.2) is 4.99 Å². The molecule has 1 aromatic carbocycles. The summed E-state index contributed by atoms with van der Waals surface area (Å²) in [6.07, 6.45) is 4.76. The van der Waals surface area contributed by atoms with E-state index in [2.05, 4.69) is 27.6 Å². The average Bonchev–Trinajstić information content (AvgIpc) is 3.05. The van der Waals surface area contributed by atoms with Crippen molar-refractivity contribution in [2.75, 3.05) is 26.7 Å². The van der Waals surface area contributed by atoms with Crippen molar-refractivity contribution in [1.29, 1.82) is 0 Å². The number of nitrogens with one attached hydrogen (secondary N) is 2. The Morgan fingerprint density at radius 3 is 2.81 bits per heavy atom. The van der Waals surface area contributed by atoms with E-state index < -0.39 is 0 Å². The van der Waals surface area contributed by atoms with E-state index in [1.165, 1.54) is 5.56 Å². The van der Waals surface area contributed by atoms with Crippen LogP contribution in [-0.4, -0.2) is 48.6 Å². The second-order valence-electron chi connectivity index (χ2n) is 6.03. The Balaban J connectivity index is 1.82. The highest BCUT2D eigenvalue weighted by atomic mass is 16.5. The van der Waals surface area contributed by atoms with Crippen LogP contribution in [0.25, 0.3) is 0 Å². The van der Waals surface area contributed by atoms with Crippen LogP contribution < -0.4 is 20.1 Å². The molecule has 0 aliphatic heterocycles. The SMILES string of the molecule is CCNC(=NCC(C)Oc1cccc(OC)c1)NCCc1cnn(C)c1. The third-order valence-corrected chi connectivity index (χ3v) is 3.69. The fourth-order valence-electron chi connectivity index (χ4n) is 2.43. The maximum absolute atomic E-state index is 5.91. The fourth-order valence-corrected chi connectivity index (χ4v) is 2.43. The van der Waals surface area contributed by atoms with Crippen LogP contribution in [0.5, 0.6) is 11.5 Å². The normalized spacial score (nSPS) is 12.5. The van der Waals surface area contributed by atoms with Gasteiger partial charge in [-0.05, 0) is 38.0 Å². The van der Waals surface area contributed by atoms with Crippen LogP contribution in [-0.2, 0) is 13.5 Å². The first-order valence-electron chi connectivity index (χ1n) is 8.91. The van der Waals surface area contributed by atoms with Gasteiger partial charge in [0, 0.05) is 32.4 Å². The summed E-state index contributed by atoms with van der Waals surface area (Å²) in [5.74, 6) is 2.35. The molecule has 1 atom stereocenters. The van der Waals surface area contributed by atoms with Gasteiger partial charge in [-0.15, -0.1) is 0 Å². The van der Waals surface area contributed by atoms with E-state index in [1.807, 2.05) is 55.3 Å². The summed E-state index contributed by atoms with van der Waals surface area (Å²) >= 11 is 0. The molecule has 26 heavy (non-hydrogen) atoms. The molecule has 0 spiro atoms. The zero-order chi connectivity index (χ0) is 18.8. The summed E-state index contributed by atoms with van der Waals surface area (Å²) in [7, 11) is 3.57. The molecule has 0 saturated carbocycles. The van der Waals surface area contributed by atoms with Crippen molar-refractivity contribution >= 4 is 5.96 Å². The Morgan fingerprint density at radius 1 is 1.31 bits per heavy atom. The van der Waals surface area contributed by atoms with E-state index in [0.717, 1.165) is 37.0 Å². The molecule has 142 valence electrons. The van der Waals surface area contributed by atoms with Gasteiger partial charge in [-0.1, -0.05) is 6.07 Å². The van der Waals surface area contributed by atoms with Crippen molar-refractivity contribution in [2.24, 2.45) is 12.0 Å². The highest BCUT2D eigenvalue weighted by molar-refractivity contribution is 5.79. The maximum atomic E-state index is 5.91. The lowest BCUT2D eigenvalue weighted by Crippen LogP contribution is -2.39. The van der Waals surface area contributed by atoms with E-state index in [1.54, 1.807) is 7.11 Å². The number of nitrogens with zero attached hydrogens (tertiary/aromatic N) is 3. The van der Waals surface area contributed by atoms with E-state index in [-0.39, 0.29) is 6.10 Å². The van der Waals surface area contributed by atoms with Crippen LogP contribution in [0, 0.1) is 0 Å². The molecule has 0 amide bonds. The van der Waals surface area contributed by atoms with E-state index in [9.17, 15) is 0 Å². The second kappa shape index (κ2) is 10.3. The quantitative estimate of drug-likeness (QED) is 0.529. The van der Waals surface area contributed by atoms with Crippen LogP contribution in [0.15, 0.2) is 41.7 Å². The van der Waals surface area contributed by atoms with Gasteiger partial charge in [-0.3, -0.25) is 4.68 Å². The van der Waals surface area contributed by atoms with E-state index in [4.69, 9.17) is 9.47 Å². The number of aliphatic imine (C=N–C) groups is 1. The van der Waals surface area contributed by atoms with Crippen molar-refractivity contribution < 1.29 is 9.47 Å². The minimum atomic E-state index is -0.0455. The van der Waals surface area contributed by atoms with Crippen molar-refractivity contribution in [2.45, 2.75) is 26.4 Å². The predicted octanol–water partition coefficient (Wildman–Crippen LogP) is 1.99. The zero-order valence-corrected chi connectivity index (χ0v) is 16.0. The Labute approximate surface area is 155 Å². The van der Waals surface area contributed by atoms with E-state index >= 15 is 0 Å². The third-order valence-electron chi connectivity index (χ3n) is 3.69. The summed E-state index contributed by atoms with van der Waals surface area (Å²) in [5.41, 5.74) is 1.20. The number of benzene rings is 1. The minimum Gasteiger partial charge on any atom is -0.497 e. The summed E-state index contributed by atoms with van der Waals surface area (Å²) < 4.78 is 12.9. The standard InChI is InChI=1S/C19H29N5O2/c1-5-20-19(21-10-9-16-13-23-24(3)14-16)22-12-15(2)26-18-8-6-7-17(11-18)25-4/h6-8,11,13-15H,5,9-10,12H2,1-4H3,(H2,20,21,22). The van der Waals surface area contributed by atoms with Crippen LogP contribution >= 0.6 is 0 Å². The lowest BCUT2D eigenvalue weighted by Gasteiger charge is -2.15. The van der Waals surface area contributed by atoms with Crippen LogP contribution in [0.2, 0.25) is 0 Å². The van der Waals surface area contributed by atoms with Gasteiger partial charge in [0.05, 0.1) is 19.9 Å². The monoisotopic (exact) mass is 359 g/mol. The molecule has 0 saturated heterocycles. The van der Waals surface area contributed by atoms with Crippen LogP contribution in [0.1, 0.15) is 19.4 Å². The molecule has 0 aliphatic carbocycles. The summed E-state index contributed by atoms with van der Waals surface area (Å²) in [6, 6.07) is 7.59. The molecule has 7 nitrogen and oxygen atoms in total. The Morgan fingerprint density at radius 2 is 2.12 bits per heavy atom. The molecular formula is C19H29N5O2. The largest absolute Gasteiger partial charge is 0.497 e. The molecule has 1 unspecified atom stereocenters. The Bertz CT molecular complexity index is 699. The first-order valence-corrected chi connectivity index (χ1v) is 8.91. The number of ether oxygens (including phenoxy) is 2. The van der Waals surface area contributed by atoms with Gasteiger partial charge in [0.15, 0.2) is 5.96 Å². The third kappa shape index (κ3) is 6.66. The molecule has 0 fully saturated rings. The molecule has 0 radical (unpaired) electrons. The Hall–Kier alpha value is -2.70. The number of hydrogen-bond donors (Lipinski definition) is 2. The molecule has 7 heteroatoms. The molecular weight excluding hydrogens is 330 g/mol. The Kier molecular flexibility index (Phi) is 7.79. The van der Waals surface area contributed by atoms with Crippen molar-refractivity contribution in [1.82, 2.24) is 20.4 Å². The molecule has 0 bridgehead atoms. The fraction of sp³-hybridized carbons (Fsp3) is 0.474. The summed E-state index contributed by atoms with van der Waals surface area (Å²) in [4.78, 5) is 4.61. The van der Waals surface area contributed by atoms with Gasteiger partial charge in [0.2, 0.25) is 0 Å². The van der Waals surface area contributed by atoms with Gasteiger partial charge in [0.1, 0.15) is 17.6 Å². The van der Waals surface area contributed by atoms with Crippen molar-refractivity contribution in [3.63, 3.8) is 0 Å². The minimum absolute atomic E-state index is 0.0455. The number of guanidine groups is 1. The van der Waals surface area contributed by atoms with Crippen molar-refractivity contribution in [3.8, 4) is 11.5 Å². The maximum Gasteiger partial charge on any atom is 0.191 e. The average molecular weight is 359 g/mol. The smallest absolute Gasteiger partial charge is 0.191 e. The highest BCUT2D eigenvalue weighted by Crippen LogP contribution is 2.19. The first-order chi connectivity index (χ1) is 12.6. The van der Waals surface area contributed by atoms with Crippen molar-refractivity contribution in [3.05, 3.63) is 42.2 Å². The summed E-state index contributed by atoms with van der Waals surface area (Å²) in [6.45, 7) is 6.21. The number of aromatic nitrogens is 2. The predicted molar refractivity (Wildman–Crippen MR) is 104 cm³/mol. The molecule has 2 N–H and O–H groups in total. The number of hydrogen-bond acceptors (Lipinski definition) is 4. The molecule has 0 aliphatic rings. The molecule has 2 rings (SSSR count). The van der Waals surface area contributed by atoms with Gasteiger partial charge < -0.3 is 20.1 Å². The first kappa shape index (κ1) is 19.6. The van der Waals surface area contributed by atoms with Gasteiger partial charge in [-0.2, -0.15) is 5.10 Å². The summed E-state index contributed by atoms with van der Waals surface area (Å²) in [5, 5.41) is 10.8. The lowest BCUT2D eigenvalue weighted by atomic mass is 10.2. The highest BCUT2D eigenvalue weighted by Gasteiger charge is 2.06. The van der Waals surface area contributed by atoms with E-state index in [0.29, 0.717) is 6.54 Å². The number of aryl methyl sites for hydroxylation is 1.